The van der Waals surface area contributed by atoms with Crippen molar-refractivity contribution in [3.8, 4) is 34.0 Å². The number of carbonyl (C=O) groups is 1. The number of carbonyl (C=O) groups excluding carboxylic acids is 1. The van der Waals surface area contributed by atoms with E-state index in [4.69, 9.17) is 14.2 Å². The summed E-state index contributed by atoms with van der Waals surface area (Å²) in [6.45, 7) is 8.05. The molecule has 1 aromatic heterocycles. The third-order valence-electron chi connectivity index (χ3n) is 7.11. The summed E-state index contributed by atoms with van der Waals surface area (Å²) in [5.41, 5.74) is 3.04. The van der Waals surface area contributed by atoms with Gasteiger partial charge in [-0.2, -0.15) is 0 Å². The van der Waals surface area contributed by atoms with Crippen molar-refractivity contribution in [2.45, 2.75) is 91.4 Å². The molecular formula is C35H48N2O4. The second kappa shape index (κ2) is 19.0. The highest BCUT2D eigenvalue weighted by atomic mass is 16.5. The van der Waals surface area contributed by atoms with Crippen LogP contribution in [0.5, 0.6) is 11.5 Å². The normalized spacial score (nSPS) is 11.8. The van der Waals surface area contributed by atoms with Gasteiger partial charge in [0.2, 0.25) is 0 Å². The molecule has 41 heavy (non-hydrogen) atoms. The fourth-order valence-corrected chi connectivity index (χ4v) is 4.49. The van der Waals surface area contributed by atoms with E-state index in [-0.39, 0.29) is 11.9 Å². The molecule has 0 radical (unpaired) electrons. The van der Waals surface area contributed by atoms with Crippen LogP contribution >= 0.6 is 0 Å². The van der Waals surface area contributed by atoms with Gasteiger partial charge in [-0.05, 0) is 43.0 Å². The number of rotatable bonds is 20. The van der Waals surface area contributed by atoms with E-state index in [1.165, 1.54) is 57.8 Å². The molecule has 0 amide bonds. The molecular weight excluding hydrogens is 512 g/mol. The summed E-state index contributed by atoms with van der Waals surface area (Å²) in [5.74, 6) is 1.33. The number of hydrogen-bond acceptors (Lipinski definition) is 6. The van der Waals surface area contributed by atoms with Gasteiger partial charge in [-0.15, -0.1) is 0 Å². The van der Waals surface area contributed by atoms with Crippen LogP contribution in [0.4, 0.5) is 0 Å². The summed E-state index contributed by atoms with van der Waals surface area (Å²) >= 11 is 0. The molecule has 0 bridgehead atoms. The van der Waals surface area contributed by atoms with Gasteiger partial charge < -0.3 is 14.2 Å². The van der Waals surface area contributed by atoms with Crippen molar-refractivity contribution in [3.05, 3.63) is 60.9 Å². The Morgan fingerprint density at radius 2 is 1.17 bits per heavy atom. The molecule has 3 rings (SSSR count). The monoisotopic (exact) mass is 560 g/mol. The van der Waals surface area contributed by atoms with Crippen molar-refractivity contribution in [3.63, 3.8) is 0 Å². The van der Waals surface area contributed by atoms with Crippen LogP contribution in [-0.2, 0) is 9.53 Å². The van der Waals surface area contributed by atoms with Crippen LogP contribution in [0, 0.1) is 5.92 Å². The van der Waals surface area contributed by atoms with Crippen molar-refractivity contribution in [1.82, 2.24) is 9.97 Å². The highest BCUT2D eigenvalue weighted by Gasteiger charge is 2.16. The van der Waals surface area contributed by atoms with Gasteiger partial charge in [-0.3, -0.25) is 4.79 Å². The predicted molar refractivity (Wildman–Crippen MR) is 166 cm³/mol. The van der Waals surface area contributed by atoms with Crippen molar-refractivity contribution in [2.75, 3.05) is 19.8 Å². The topological polar surface area (TPSA) is 70.5 Å². The zero-order chi connectivity index (χ0) is 29.1. The Bertz CT molecular complexity index is 1110. The van der Waals surface area contributed by atoms with E-state index < -0.39 is 0 Å². The van der Waals surface area contributed by atoms with Crippen LogP contribution in [0.15, 0.2) is 60.9 Å². The molecule has 0 aliphatic rings. The van der Waals surface area contributed by atoms with E-state index in [0.717, 1.165) is 29.5 Å². The second-order valence-electron chi connectivity index (χ2n) is 10.8. The summed E-state index contributed by atoms with van der Waals surface area (Å²) in [6, 6.07) is 15.7. The van der Waals surface area contributed by atoms with Crippen LogP contribution in [-0.4, -0.2) is 35.8 Å². The quantitative estimate of drug-likeness (QED) is 0.0780. The third-order valence-corrected chi connectivity index (χ3v) is 7.11. The highest BCUT2D eigenvalue weighted by molar-refractivity contribution is 5.75. The Labute approximate surface area is 246 Å². The van der Waals surface area contributed by atoms with Gasteiger partial charge in [0, 0.05) is 12.2 Å². The van der Waals surface area contributed by atoms with Crippen molar-refractivity contribution < 1.29 is 19.0 Å². The lowest BCUT2D eigenvalue weighted by atomic mass is 10.0. The van der Waals surface area contributed by atoms with Crippen LogP contribution < -0.4 is 9.47 Å². The molecule has 6 nitrogen and oxygen atoms in total. The van der Waals surface area contributed by atoms with Gasteiger partial charge >= 0.3 is 5.97 Å². The Hall–Kier alpha value is -3.25. The number of nitrogens with zero attached hydrogens (tertiary/aromatic N) is 2. The molecule has 6 heteroatoms. The molecule has 1 unspecified atom stereocenters. The van der Waals surface area contributed by atoms with Crippen LogP contribution in [0.25, 0.3) is 22.5 Å². The molecule has 0 N–H and O–H groups in total. The minimum absolute atomic E-state index is 0.273. The molecule has 0 aliphatic carbocycles. The summed E-state index contributed by atoms with van der Waals surface area (Å²) in [7, 11) is 0. The lowest BCUT2D eigenvalue weighted by molar-refractivity contribution is -0.140. The molecule has 0 saturated carbocycles. The minimum atomic E-state index is -0.304. The number of aromatic nitrogens is 2. The Kier molecular flexibility index (Phi) is 14.9. The summed E-state index contributed by atoms with van der Waals surface area (Å²) in [4.78, 5) is 21.4. The largest absolute Gasteiger partial charge is 0.490 e. The smallest absolute Gasteiger partial charge is 0.316 e. The first kappa shape index (κ1) is 32.3. The van der Waals surface area contributed by atoms with Gasteiger partial charge in [0.05, 0.1) is 31.5 Å². The highest BCUT2D eigenvalue weighted by Crippen LogP contribution is 2.26. The zero-order valence-corrected chi connectivity index (χ0v) is 25.3. The molecule has 1 atom stereocenters. The average molecular weight is 561 g/mol. The molecule has 2 aromatic carbocycles. The van der Waals surface area contributed by atoms with Gasteiger partial charge in [0.1, 0.15) is 5.75 Å². The summed E-state index contributed by atoms with van der Waals surface area (Å²) in [6.07, 6.45) is 16.9. The maximum Gasteiger partial charge on any atom is 0.316 e. The zero-order valence-electron chi connectivity index (χ0n) is 25.3. The van der Waals surface area contributed by atoms with E-state index in [1.807, 2.05) is 55.5 Å². The Morgan fingerprint density at radius 1 is 0.659 bits per heavy atom. The molecule has 0 saturated heterocycles. The number of benzene rings is 2. The summed E-state index contributed by atoms with van der Waals surface area (Å²) < 4.78 is 17.0. The maximum atomic E-state index is 12.4. The lowest BCUT2D eigenvalue weighted by Gasteiger charge is -2.12. The molecule has 0 spiro atoms. The lowest BCUT2D eigenvalue weighted by Crippen LogP contribution is -2.22. The molecule has 1 heterocycles. The number of esters is 1. The van der Waals surface area contributed by atoms with E-state index in [1.54, 1.807) is 12.4 Å². The van der Waals surface area contributed by atoms with E-state index >= 15 is 0 Å². The van der Waals surface area contributed by atoms with Crippen LogP contribution in [0.1, 0.15) is 91.4 Å². The standard InChI is InChI=1S/C35H48N2O4/c1-4-6-8-10-11-12-14-24-40-33-25-36-34(37-26-33)31-17-15-29(16-18-31)30-19-21-32(22-20-30)41-35(38)28(3)27-39-23-13-9-7-5-2/h15-22,25-26,28H,4-14,23-24,27H2,1-3H3. The maximum absolute atomic E-state index is 12.4. The van der Waals surface area contributed by atoms with Gasteiger partial charge in [-0.25, -0.2) is 9.97 Å². The van der Waals surface area contributed by atoms with Gasteiger partial charge in [0.25, 0.3) is 0 Å². The molecule has 3 aromatic rings. The average Bonchev–Trinajstić information content (AvgIpc) is 3.01. The first-order valence-corrected chi connectivity index (χ1v) is 15.6. The SMILES string of the molecule is CCCCCCCCCOc1cnc(-c2ccc(-c3ccc(OC(=O)C(C)COCCCCCC)cc3)cc2)nc1. The minimum Gasteiger partial charge on any atom is -0.490 e. The van der Waals surface area contributed by atoms with E-state index in [2.05, 4.69) is 23.8 Å². The first-order valence-electron chi connectivity index (χ1n) is 15.6. The molecule has 0 aliphatic heterocycles. The van der Waals surface area contributed by atoms with E-state index in [9.17, 15) is 4.79 Å². The number of ether oxygens (including phenoxy) is 3. The van der Waals surface area contributed by atoms with Gasteiger partial charge in [0.15, 0.2) is 11.6 Å². The van der Waals surface area contributed by atoms with E-state index in [0.29, 0.717) is 37.1 Å². The molecule has 0 fully saturated rings. The van der Waals surface area contributed by atoms with Gasteiger partial charge in [-0.1, -0.05) is 108 Å². The Morgan fingerprint density at radius 3 is 1.80 bits per heavy atom. The van der Waals surface area contributed by atoms with Crippen LogP contribution in [0.2, 0.25) is 0 Å². The molecule has 222 valence electrons. The third kappa shape index (κ3) is 12.0. The summed E-state index contributed by atoms with van der Waals surface area (Å²) in [5, 5.41) is 0. The van der Waals surface area contributed by atoms with Crippen molar-refractivity contribution >= 4 is 5.97 Å². The first-order chi connectivity index (χ1) is 20.1. The second-order valence-corrected chi connectivity index (χ2v) is 10.8. The van der Waals surface area contributed by atoms with Crippen molar-refractivity contribution in [2.24, 2.45) is 5.92 Å². The van der Waals surface area contributed by atoms with Crippen molar-refractivity contribution in [1.29, 1.82) is 0 Å². The predicted octanol–water partition coefficient (Wildman–Crippen LogP) is 9.08. The number of hydrogen-bond donors (Lipinski definition) is 0. The van der Waals surface area contributed by atoms with Crippen LogP contribution in [0.3, 0.4) is 0 Å². The Balaban J connectivity index is 1.41. The number of unbranched alkanes of at least 4 members (excludes halogenated alkanes) is 9. The fourth-order valence-electron chi connectivity index (χ4n) is 4.49. The fraction of sp³-hybridized carbons (Fsp3) is 0.514.